The molecule has 5 heteroatoms. The lowest BCUT2D eigenvalue weighted by molar-refractivity contribution is 0.213. The van der Waals surface area contributed by atoms with Gasteiger partial charge < -0.3 is 20.1 Å². The first-order chi connectivity index (χ1) is 12.7. The van der Waals surface area contributed by atoms with E-state index in [9.17, 15) is 0 Å². The number of benzene rings is 2. The molecule has 0 spiro atoms. The molecule has 0 aromatic heterocycles. The van der Waals surface area contributed by atoms with Crippen molar-refractivity contribution >= 4 is 5.96 Å². The van der Waals surface area contributed by atoms with Gasteiger partial charge in [-0.2, -0.15) is 0 Å². The van der Waals surface area contributed by atoms with Gasteiger partial charge in [0.25, 0.3) is 0 Å². The summed E-state index contributed by atoms with van der Waals surface area (Å²) < 4.78 is 11.3. The molecule has 26 heavy (non-hydrogen) atoms. The van der Waals surface area contributed by atoms with E-state index in [4.69, 9.17) is 9.47 Å². The fourth-order valence-electron chi connectivity index (χ4n) is 2.58. The van der Waals surface area contributed by atoms with Crippen molar-refractivity contribution in [3.8, 4) is 11.5 Å². The average molecular weight is 355 g/mol. The lowest BCUT2D eigenvalue weighted by atomic mass is 10.1. The monoisotopic (exact) mass is 355 g/mol. The van der Waals surface area contributed by atoms with Gasteiger partial charge in [0.05, 0.1) is 13.7 Å². The van der Waals surface area contributed by atoms with E-state index in [1.807, 2.05) is 37.3 Å². The number of ether oxygens (including phenoxy) is 2. The summed E-state index contributed by atoms with van der Waals surface area (Å²) in [7, 11) is 3.42. The molecule has 5 nitrogen and oxygen atoms in total. The minimum atomic E-state index is -0.0193. The molecule has 0 bridgehead atoms. The molecule has 0 aliphatic heterocycles. The Morgan fingerprint density at radius 1 is 1.00 bits per heavy atom. The maximum absolute atomic E-state index is 5.94. The van der Waals surface area contributed by atoms with Crippen molar-refractivity contribution in [3.63, 3.8) is 0 Å². The van der Waals surface area contributed by atoms with E-state index in [-0.39, 0.29) is 6.10 Å². The van der Waals surface area contributed by atoms with Gasteiger partial charge in [-0.15, -0.1) is 0 Å². The number of methoxy groups -OCH3 is 1. The Labute approximate surface area is 156 Å². The van der Waals surface area contributed by atoms with Crippen LogP contribution < -0.4 is 20.1 Å². The summed E-state index contributed by atoms with van der Waals surface area (Å²) in [6, 6.07) is 18.2. The van der Waals surface area contributed by atoms with Crippen LogP contribution in [0.4, 0.5) is 0 Å². The highest BCUT2D eigenvalue weighted by Crippen LogP contribution is 2.26. The quantitative estimate of drug-likeness (QED) is 0.412. The Morgan fingerprint density at radius 3 is 2.38 bits per heavy atom. The van der Waals surface area contributed by atoms with Crippen LogP contribution in [0.2, 0.25) is 0 Å². The third kappa shape index (κ3) is 6.67. The molecule has 0 aliphatic rings. The van der Waals surface area contributed by atoms with Crippen LogP contribution >= 0.6 is 0 Å². The lowest BCUT2D eigenvalue weighted by Gasteiger charge is -2.19. The number of hydrogen-bond acceptors (Lipinski definition) is 3. The summed E-state index contributed by atoms with van der Waals surface area (Å²) in [5, 5.41) is 6.64. The standard InChI is InChI=1S/C21H29N3O2/c1-17(26-20-14-8-7-13-19(20)25-3)16-24-21(22-2)23-15-9-12-18-10-5-4-6-11-18/h4-8,10-11,13-14,17H,9,12,15-16H2,1-3H3,(H2,22,23,24). The molecule has 1 unspecified atom stereocenters. The van der Waals surface area contributed by atoms with Gasteiger partial charge in [0.15, 0.2) is 17.5 Å². The third-order valence-electron chi connectivity index (χ3n) is 3.96. The van der Waals surface area contributed by atoms with Crippen molar-refractivity contribution < 1.29 is 9.47 Å². The van der Waals surface area contributed by atoms with Gasteiger partial charge >= 0.3 is 0 Å². The Balaban J connectivity index is 1.69. The number of aliphatic imine (C=N–C) groups is 1. The minimum absolute atomic E-state index is 0.0193. The van der Waals surface area contributed by atoms with E-state index in [0.29, 0.717) is 6.54 Å². The molecule has 2 aromatic carbocycles. The van der Waals surface area contributed by atoms with Crippen molar-refractivity contribution in [3.05, 3.63) is 60.2 Å². The summed E-state index contributed by atoms with van der Waals surface area (Å²) in [5.74, 6) is 2.27. The molecule has 2 N–H and O–H groups in total. The predicted octanol–water partition coefficient (Wildman–Crippen LogP) is 3.26. The summed E-state index contributed by atoms with van der Waals surface area (Å²) in [5.41, 5.74) is 1.36. The maximum atomic E-state index is 5.94. The zero-order valence-corrected chi connectivity index (χ0v) is 15.9. The number of rotatable bonds is 9. The van der Waals surface area contributed by atoms with Gasteiger partial charge in [0.2, 0.25) is 0 Å². The van der Waals surface area contributed by atoms with E-state index in [1.54, 1.807) is 14.2 Å². The lowest BCUT2D eigenvalue weighted by Crippen LogP contribution is -2.42. The number of nitrogens with zero attached hydrogens (tertiary/aromatic N) is 1. The Kier molecular flexibility index (Phi) is 8.33. The molecule has 0 heterocycles. The molecule has 0 fully saturated rings. The number of nitrogens with one attached hydrogen (secondary N) is 2. The van der Waals surface area contributed by atoms with Crippen molar-refractivity contribution in [1.29, 1.82) is 0 Å². The molecule has 0 saturated heterocycles. The van der Waals surface area contributed by atoms with Crippen molar-refractivity contribution in [2.24, 2.45) is 4.99 Å². The first-order valence-corrected chi connectivity index (χ1v) is 9.01. The molecule has 0 amide bonds. The molecule has 140 valence electrons. The number of para-hydroxylation sites is 2. The summed E-state index contributed by atoms with van der Waals surface area (Å²) in [6.45, 7) is 3.54. The normalized spacial score (nSPS) is 12.3. The largest absolute Gasteiger partial charge is 0.493 e. The van der Waals surface area contributed by atoms with Crippen LogP contribution in [0.5, 0.6) is 11.5 Å². The second kappa shape index (κ2) is 11.0. The SMILES string of the molecule is CN=C(NCCCc1ccccc1)NCC(C)Oc1ccccc1OC. The molecule has 2 rings (SSSR count). The summed E-state index contributed by atoms with van der Waals surface area (Å²) >= 11 is 0. The van der Waals surface area contributed by atoms with Crippen LogP contribution in [0.3, 0.4) is 0 Å². The van der Waals surface area contributed by atoms with E-state index in [2.05, 4.69) is 39.9 Å². The average Bonchev–Trinajstić information content (AvgIpc) is 2.68. The zero-order valence-electron chi connectivity index (χ0n) is 15.9. The Morgan fingerprint density at radius 2 is 1.69 bits per heavy atom. The molecule has 2 aromatic rings. The van der Waals surface area contributed by atoms with Gasteiger partial charge in [-0.1, -0.05) is 42.5 Å². The smallest absolute Gasteiger partial charge is 0.191 e. The van der Waals surface area contributed by atoms with Crippen molar-refractivity contribution in [2.75, 3.05) is 27.2 Å². The van der Waals surface area contributed by atoms with E-state index >= 15 is 0 Å². The second-order valence-corrected chi connectivity index (χ2v) is 6.05. The van der Waals surface area contributed by atoms with Crippen LogP contribution in [0, 0.1) is 0 Å². The molecular weight excluding hydrogens is 326 g/mol. The fraction of sp³-hybridized carbons (Fsp3) is 0.381. The molecule has 1 atom stereocenters. The topological polar surface area (TPSA) is 54.9 Å². The van der Waals surface area contributed by atoms with E-state index < -0.39 is 0 Å². The van der Waals surface area contributed by atoms with Crippen LogP contribution in [-0.4, -0.2) is 39.3 Å². The fourth-order valence-corrected chi connectivity index (χ4v) is 2.58. The van der Waals surface area contributed by atoms with Crippen LogP contribution in [-0.2, 0) is 6.42 Å². The molecular formula is C21H29N3O2. The minimum Gasteiger partial charge on any atom is -0.493 e. The Bertz CT molecular complexity index is 674. The highest BCUT2D eigenvalue weighted by Gasteiger charge is 2.09. The highest BCUT2D eigenvalue weighted by molar-refractivity contribution is 5.79. The number of hydrogen-bond donors (Lipinski definition) is 2. The van der Waals surface area contributed by atoms with Gasteiger partial charge in [-0.25, -0.2) is 0 Å². The Hall–Kier alpha value is -2.69. The maximum Gasteiger partial charge on any atom is 0.191 e. The molecule has 0 radical (unpaired) electrons. The first kappa shape index (κ1) is 19.6. The summed E-state index contributed by atoms with van der Waals surface area (Å²) in [4.78, 5) is 4.26. The van der Waals surface area contributed by atoms with Gasteiger partial charge in [0, 0.05) is 13.6 Å². The third-order valence-corrected chi connectivity index (χ3v) is 3.96. The van der Waals surface area contributed by atoms with Crippen LogP contribution in [0.15, 0.2) is 59.6 Å². The van der Waals surface area contributed by atoms with Crippen molar-refractivity contribution in [2.45, 2.75) is 25.9 Å². The zero-order chi connectivity index (χ0) is 18.6. The number of guanidine groups is 1. The number of aryl methyl sites for hydroxylation is 1. The molecule has 0 saturated carbocycles. The predicted molar refractivity (Wildman–Crippen MR) is 107 cm³/mol. The molecule has 0 aliphatic carbocycles. The van der Waals surface area contributed by atoms with E-state index in [0.717, 1.165) is 36.8 Å². The van der Waals surface area contributed by atoms with Crippen molar-refractivity contribution in [1.82, 2.24) is 10.6 Å². The van der Waals surface area contributed by atoms with Gasteiger partial charge in [0.1, 0.15) is 6.10 Å². The van der Waals surface area contributed by atoms with E-state index in [1.165, 1.54) is 5.56 Å². The first-order valence-electron chi connectivity index (χ1n) is 9.01. The van der Waals surface area contributed by atoms with Gasteiger partial charge in [-0.05, 0) is 37.5 Å². The highest BCUT2D eigenvalue weighted by atomic mass is 16.5. The summed E-state index contributed by atoms with van der Waals surface area (Å²) in [6.07, 6.45) is 2.09. The van der Waals surface area contributed by atoms with Gasteiger partial charge in [-0.3, -0.25) is 4.99 Å². The second-order valence-electron chi connectivity index (χ2n) is 6.05. The van der Waals surface area contributed by atoms with Crippen LogP contribution in [0.1, 0.15) is 18.9 Å². The van der Waals surface area contributed by atoms with Crippen LogP contribution in [0.25, 0.3) is 0 Å².